The smallest absolute Gasteiger partial charge is 0.428 e. The summed E-state index contributed by atoms with van der Waals surface area (Å²) in [5.41, 5.74) is -3.22. The van der Waals surface area contributed by atoms with Crippen LogP contribution < -0.4 is 4.74 Å². The number of hydrogen-bond donors (Lipinski definition) is 1. The lowest BCUT2D eigenvalue weighted by atomic mass is 9.82. The normalized spacial score (nSPS) is 15.4. The maximum atomic E-state index is 13.7. The van der Waals surface area contributed by atoms with Crippen molar-refractivity contribution in [3.63, 3.8) is 0 Å². The van der Waals surface area contributed by atoms with E-state index in [4.69, 9.17) is 4.74 Å². The zero-order valence-corrected chi connectivity index (χ0v) is 14.5. The first-order valence-corrected chi connectivity index (χ1v) is 7.82. The Morgan fingerprint density at radius 1 is 1.28 bits per heavy atom. The number of carbonyl (C=O) groups is 1. The fourth-order valence-corrected chi connectivity index (χ4v) is 2.68. The maximum absolute atomic E-state index is 13.7. The van der Waals surface area contributed by atoms with E-state index in [2.05, 4.69) is 4.74 Å². The molecule has 0 amide bonds. The number of esters is 1. The summed E-state index contributed by atoms with van der Waals surface area (Å²) in [5.74, 6) is -3.11. The SMILES string of the molecule is CCOC(=O)[C@](O)(CC(CC)c1ccc(F)c(C)c1OC)C(F)(F)F. The average Bonchev–Trinajstić information content (AvgIpc) is 2.54. The van der Waals surface area contributed by atoms with Crippen molar-refractivity contribution in [2.24, 2.45) is 0 Å². The van der Waals surface area contributed by atoms with Crippen LogP contribution in [0.3, 0.4) is 0 Å². The van der Waals surface area contributed by atoms with Crippen molar-refractivity contribution in [1.29, 1.82) is 0 Å². The Morgan fingerprint density at radius 2 is 1.88 bits per heavy atom. The van der Waals surface area contributed by atoms with Gasteiger partial charge in [0.2, 0.25) is 0 Å². The molecule has 25 heavy (non-hydrogen) atoms. The molecule has 0 bridgehead atoms. The summed E-state index contributed by atoms with van der Waals surface area (Å²) in [4.78, 5) is 11.8. The van der Waals surface area contributed by atoms with Crippen LogP contribution in [0.1, 0.15) is 43.7 Å². The van der Waals surface area contributed by atoms with Crippen LogP contribution in [0.25, 0.3) is 0 Å². The van der Waals surface area contributed by atoms with Gasteiger partial charge < -0.3 is 14.6 Å². The summed E-state index contributed by atoms with van der Waals surface area (Å²) in [6.45, 7) is 4.09. The molecule has 1 N–H and O–H groups in total. The van der Waals surface area contributed by atoms with Crippen LogP contribution in [0.15, 0.2) is 12.1 Å². The third-order valence-electron chi connectivity index (χ3n) is 4.13. The number of carbonyl (C=O) groups excluding carboxylic acids is 1. The molecule has 0 aliphatic rings. The minimum atomic E-state index is -5.21. The molecule has 1 unspecified atom stereocenters. The number of ether oxygens (including phenoxy) is 2. The van der Waals surface area contributed by atoms with Gasteiger partial charge in [-0.05, 0) is 37.8 Å². The van der Waals surface area contributed by atoms with Gasteiger partial charge in [-0.3, -0.25) is 0 Å². The maximum Gasteiger partial charge on any atom is 0.428 e. The first-order chi connectivity index (χ1) is 11.5. The second-order valence-corrected chi connectivity index (χ2v) is 5.68. The number of benzene rings is 1. The molecule has 0 saturated heterocycles. The minimum Gasteiger partial charge on any atom is -0.496 e. The van der Waals surface area contributed by atoms with E-state index in [1.54, 1.807) is 6.92 Å². The van der Waals surface area contributed by atoms with Crippen molar-refractivity contribution < 1.29 is 36.9 Å². The number of halogens is 4. The van der Waals surface area contributed by atoms with Gasteiger partial charge in [0, 0.05) is 12.0 Å². The minimum absolute atomic E-state index is 0.0974. The highest BCUT2D eigenvalue weighted by atomic mass is 19.4. The molecular formula is C17H22F4O4. The second-order valence-electron chi connectivity index (χ2n) is 5.68. The van der Waals surface area contributed by atoms with Crippen molar-refractivity contribution in [2.45, 2.75) is 51.3 Å². The highest BCUT2D eigenvalue weighted by Crippen LogP contribution is 2.43. The average molecular weight is 366 g/mol. The van der Waals surface area contributed by atoms with Crippen LogP contribution in [-0.2, 0) is 9.53 Å². The molecule has 2 atom stereocenters. The molecule has 0 aromatic heterocycles. The van der Waals surface area contributed by atoms with Gasteiger partial charge in [0.25, 0.3) is 5.60 Å². The van der Waals surface area contributed by atoms with Gasteiger partial charge >= 0.3 is 12.1 Å². The molecule has 142 valence electrons. The molecule has 0 spiro atoms. The second kappa shape index (κ2) is 8.03. The summed E-state index contributed by atoms with van der Waals surface area (Å²) in [5, 5.41) is 10.1. The lowest BCUT2D eigenvalue weighted by Crippen LogP contribution is -2.53. The summed E-state index contributed by atoms with van der Waals surface area (Å²) >= 11 is 0. The van der Waals surface area contributed by atoms with E-state index in [0.29, 0.717) is 0 Å². The predicted molar refractivity (Wildman–Crippen MR) is 83.0 cm³/mol. The first-order valence-electron chi connectivity index (χ1n) is 7.82. The highest BCUT2D eigenvalue weighted by molar-refractivity contribution is 5.80. The van der Waals surface area contributed by atoms with Crippen molar-refractivity contribution in [2.75, 3.05) is 13.7 Å². The van der Waals surface area contributed by atoms with Gasteiger partial charge in [-0.25, -0.2) is 9.18 Å². The Bertz CT molecular complexity index is 615. The quantitative estimate of drug-likeness (QED) is 0.588. The molecule has 0 aliphatic heterocycles. The van der Waals surface area contributed by atoms with Crippen molar-refractivity contribution >= 4 is 5.97 Å². The van der Waals surface area contributed by atoms with Gasteiger partial charge in [0.1, 0.15) is 11.6 Å². The van der Waals surface area contributed by atoms with E-state index in [9.17, 15) is 27.5 Å². The Morgan fingerprint density at radius 3 is 2.32 bits per heavy atom. The van der Waals surface area contributed by atoms with Gasteiger partial charge in [-0.2, -0.15) is 13.2 Å². The van der Waals surface area contributed by atoms with Crippen LogP contribution in [0.4, 0.5) is 17.6 Å². The van der Waals surface area contributed by atoms with Gasteiger partial charge in [0.05, 0.1) is 13.7 Å². The van der Waals surface area contributed by atoms with Crippen molar-refractivity contribution in [1.82, 2.24) is 0 Å². The molecule has 1 rings (SSSR count). The molecule has 1 aromatic carbocycles. The summed E-state index contributed by atoms with van der Waals surface area (Å²) < 4.78 is 63.4. The third-order valence-corrected chi connectivity index (χ3v) is 4.13. The number of alkyl halides is 3. The van der Waals surface area contributed by atoms with Crippen LogP contribution in [0.5, 0.6) is 5.75 Å². The number of hydrogen-bond acceptors (Lipinski definition) is 4. The number of aliphatic hydroxyl groups is 1. The van der Waals surface area contributed by atoms with Crippen LogP contribution in [-0.4, -0.2) is 36.6 Å². The van der Waals surface area contributed by atoms with E-state index in [1.807, 2.05) is 0 Å². The molecule has 0 aliphatic carbocycles. The zero-order chi connectivity index (χ0) is 19.4. The molecule has 0 radical (unpaired) electrons. The zero-order valence-electron chi connectivity index (χ0n) is 14.5. The monoisotopic (exact) mass is 366 g/mol. The summed E-state index contributed by atoms with van der Waals surface area (Å²) in [7, 11) is 1.28. The Hall–Kier alpha value is -1.83. The van der Waals surface area contributed by atoms with Crippen LogP contribution in [0.2, 0.25) is 0 Å². The molecule has 0 heterocycles. The van der Waals surface area contributed by atoms with E-state index in [1.165, 1.54) is 27.0 Å². The van der Waals surface area contributed by atoms with Gasteiger partial charge in [-0.1, -0.05) is 13.0 Å². The molecule has 0 saturated carbocycles. The largest absolute Gasteiger partial charge is 0.496 e. The molecular weight excluding hydrogens is 344 g/mol. The number of methoxy groups -OCH3 is 1. The molecule has 8 heteroatoms. The lowest BCUT2D eigenvalue weighted by Gasteiger charge is -2.32. The molecule has 1 aromatic rings. The van der Waals surface area contributed by atoms with E-state index in [-0.39, 0.29) is 29.9 Å². The molecule has 4 nitrogen and oxygen atoms in total. The van der Waals surface area contributed by atoms with Crippen molar-refractivity contribution in [3.05, 3.63) is 29.1 Å². The Balaban J connectivity index is 3.36. The van der Waals surface area contributed by atoms with Gasteiger partial charge in [0.15, 0.2) is 0 Å². The fraction of sp³-hybridized carbons (Fsp3) is 0.588. The van der Waals surface area contributed by atoms with Crippen molar-refractivity contribution in [3.8, 4) is 5.75 Å². The predicted octanol–water partition coefficient (Wildman–Crippen LogP) is 3.88. The molecule has 0 fully saturated rings. The van der Waals surface area contributed by atoms with Gasteiger partial charge in [-0.15, -0.1) is 0 Å². The Labute approximate surface area is 143 Å². The van der Waals surface area contributed by atoms with E-state index >= 15 is 0 Å². The third kappa shape index (κ3) is 4.23. The van der Waals surface area contributed by atoms with E-state index < -0.39 is 35.9 Å². The first kappa shape index (κ1) is 21.2. The van der Waals surface area contributed by atoms with E-state index in [0.717, 1.165) is 6.07 Å². The lowest BCUT2D eigenvalue weighted by molar-refractivity contribution is -0.265. The fourth-order valence-electron chi connectivity index (χ4n) is 2.68. The highest BCUT2D eigenvalue weighted by Gasteiger charge is 2.61. The standard InChI is InChI=1S/C17H22F4O4/c1-5-11(12-7-8-13(18)10(3)14(12)24-4)9-16(23,17(19,20)21)15(22)25-6-2/h7-8,11,23H,5-6,9H2,1-4H3/t11?,16-/m1/s1. The number of rotatable bonds is 7. The topological polar surface area (TPSA) is 55.8 Å². The summed E-state index contributed by atoms with van der Waals surface area (Å²) in [6.07, 6.45) is -6.00. The van der Waals surface area contributed by atoms with Crippen LogP contribution in [0, 0.1) is 12.7 Å². The van der Waals surface area contributed by atoms with Crippen LogP contribution >= 0.6 is 0 Å². The summed E-state index contributed by atoms with van der Waals surface area (Å²) in [6, 6.07) is 2.42. The Kier molecular flexibility index (Phi) is 6.82.